The Morgan fingerprint density at radius 3 is 2.68 bits per heavy atom. The number of nitrogens with zero attached hydrogens (tertiary/aromatic N) is 2. The normalized spacial score (nSPS) is 11.1. The molecule has 0 spiro atoms. The highest BCUT2D eigenvalue weighted by Gasteiger charge is 2.12. The van der Waals surface area contributed by atoms with Crippen LogP contribution in [-0.4, -0.2) is 23.3 Å². The summed E-state index contributed by atoms with van der Waals surface area (Å²) in [6, 6.07) is 14.0. The van der Waals surface area contributed by atoms with Crippen LogP contribution < -0.4 is 5.43 Å². The van der Waals surface area contributed by atoms with Gasteiger partial charge in [-0.05, 0) is 36.1 Å². The van der Waals surface area contributed by atoms with Crippen molar-refractivity contribution in [2.24, 2.45) is 5.10 Å². The maximum atomic E-state index is 12.2. The fraction of sp³-hybridized carbons (Fsp3) is 0.0588. The molecule has 0 aliphatic heterocycles. The van der Waals surface area contributed by atoms with Gasteiger partial charge in [0.25, 0.3) is 11.6 Å². The average molecular weight is 371 g/mol. The van der Waals surface area contributed by atoms with Crippen LogP contribution in [0.3, 0.4) is 0 Å². The molecule has 0 unspecified atom stereocenters. The van der Waals surface area contributed by atoms with Crippen LogP contribution in [0, 0.1) is 10.1 Å². The van der Waals surface area contributed by atoms with Crippen LogP contribution in [0.2, 0.25) is 0 Å². The molecule has 25 heavy (non-hydrogen) atoms. The first-order valence-corrected chi connectivity index (χ1v) is 9.26. The number of hydrazone groups is 1. The molecule has 2 aromatic carbocycles. The van der Waals surface area contributed by atoms with E-state index in [2.05, 4.69) is 10.5 Å². The molecule has 1 N–H and O–H groups in total. The third-order valence-electron chi connectivity index (χ3n) is 3.43. The number of carbonyl (C=O) groups excluding carboxylic acids is 1. The molecule has 0 aliphatic carbocycles. The molecule has 1 amide bonds. The minimum absolute atomic E-state index is 0.00367. The van der Waals surface area contributed by atoms with E-state index < -0.39 is 4.92 Å². The summed E-state index contributed by atoms with van der Waals surface area (Å²) in [4.78, 5) is 24.1. The molecule has 0 saturated carbocycles. The molecule has 0 saturated heterocycles. The maximum absolute atomic E-state index is 12.2. The lowest BCUT2D eigenvalue weighted by atomic mass is 10.2. The van der Waals surface area contributed by atoms with Crippen LogP contribution in [0.15, 0.2) is 58.5 Å². The predicted octanol–water partition coefficient (Wildman–Crippen LogP) is 4.30. The third-order valence-corrected chi connectivity index (χ3v) is 5.29. The highest BCUT2D eigenvalue weighted by Crippen LogP contribution is 2.28. The van der Waals surface area contributed by atoms with E-state index in [9.17, 15) is 14.9 Å². The molecule has 126 valence electrons. The lowest BCUT2D eigenvalue weighted by Gasteiger charge is -1.97. The van der Waals surface area contributed by atoms with Crippen molar-refractivity contribution in [3.8, 4) is 0 Å². The first-order chi connectivity index (χ1) is 12.1. The van der Waals surface area contributed by atoms with Gasteiger partial charge in [0, 0.05) is 27.1 Å². The highest BCUT2D eigenvalue weighted by atomic mass is 32.2. The number of non-ortho nitro benzene ring substituents is 1. The topological polar surface area (TPSA) is 84.6 Å². The number of rotatable bonds is 5. The van der Waals surface area contributed by atoms with Gasteiger partial charge in [0.05, 0.1) is 16.0 Å². The van der Waals surface area contributed by atoms with Gasteiger partial charge < -0.3 is 0 Å². The van der Waals surface area contributed by atoms with Crippen LogP contribution in [0.5, 0.6) is 0 Å². The van der Waals surface area contributed by atoms with Crippen molar-refractivity contribution < 1.29 is 9.72 Å². The number of benzene rings is 2. The number of hydrogen-bond acceptors (Lipinski definition) is 6. The van der Waals surface area contributed by atoms with Gasteiger partial charge in [-0.2, -0.15) is 5.10 Å². The van der Waals surface area contributed by atoms with Gasteiger partial charge in [0.2, 0.25) is 0 Å². The number of thioether (sulfide) groups is 1. The molecule has 3 aromatic rings. The predicted molar refractivity (Wildman–Crippen MR) is 102 cm³/mol. The van der Waals surface area contributed by atoms with E-state index in [1.165, 1.54) is 23.5 Å². The fourth-order valence-corrected chi connectivity index (χ4v) is 3.51. The Balaban J connectivity index is 1.71. The van der Waals surface area contributed by atoms with Gasteiger partial charge in [-0.1, -0.05) is 12.1 Å². The van der Waals surface area contributed by atoms with Gasteiger partial charge in [-0.25, -0.2) is 5.43 Å². The summed E-state index contributed by atoms with van der Waals surface area (Å²) in [7, 11) is 0. The fourth-order valence-electron chi connectivity index (χ4n) is 2.17. The Bertz CT molecular complexity index is 965. The monoisotopic (exact) mass is 371 g/mol. The smallest absolute Gasteiger partial charge is 0.266 e. The Morgan fingerprint density at radius 2 is 2.00 bits per heavy atom. The number of nitro benzene ring substituents is 1. The summed E-state index contributed by atoms with van der Waals surface area (Å²) in [6.45, 7) is 0. The van der Waals surface area contributed by atoms with E-state index in [-0.39, 0.29) is 11.6 Å². The molecular weight excluding hydrogens is 358 g/mol. The minimum atomic E-state index is -0.455. The molecule has 0 fully saturated rings. The SMILES string of the molecule is CSc1ccc(C=NNC(=O)c2cc3cc([N+](=O)[O-])ccc3s2)cc1. The van der Waals surface area contributed by atoms with Crippen LogP contribution in [0.1, 0.15) is 15.2 Å². The van der Waals surface area contributed by atoms with E-state index >= 15 is 0 Å². The number of thiophene rings is 1. The number of fused-ring (bicyclic) bond motifs is 1. The molecule has 6 nitrogen and oxygen atoms in total. The Kier molecular flexibility index (Phi) is 5.11. The standard InChI is InChI=1S/C17H13N3O3S2/c1-24-14-5-2-11(3-6-14)10-18-19-17(21)16-9-12-8-13(20(22)23)4-7-15(12)25-16/h2-10H,1H3,(H,19,21). The van der Waals surface area contributed by atoms with E-state index in [4.69, 9.17) is 0 Å². The molecule has 1 aromatic heterocycles. The van der Waals surface area contributed by atoms with Crippen molar-refractivity contribution in [3.05, 3.63) is 69.1 Å². The Hall–Kier alpha value is -2.71. The van der Waals surface area contributed by atoms with Crippen molar-refractivity contribution >= 4 is 51.0 Å². The van der Waals surface area contributed by atoms with Gasteiger partial charge in [-0.3, -0.25) is 14.9 Å². The van der Waals surface area contributed by atoms with E-state index in [1.54, 1.807) is 30.1 Å². The first kappa shape index (κ1) is 17.1. The quantitative estimate of drug-likeness (QED) is 0.314. The van der Waals surface area contributed by atoms with Crippen LogP contribution >= 0.6 is 23.1 Å². The van der Waals surface area contributed by atoms with Crippen molar-refractivity contribution in [2.75, 3.05) is 6.26 Å². The van der Waals surface area contributed by atoms with E-state index in [0.717, 1.165) is 15.2 Å². The van der Waals surface area contributed by atoms with E-state index in [1.807, 2.05) is 30.5 Å². The molecule has 1 heterocycles. The molecule has 0 aliphatic rings. The lowest BCUT2D eigenvalue weighted by molar-refractivity contribution is -0.384. The second-order valence-corrected chi connectivity index (χ2v) is 7.03. The number of hydrogen-bond donors (Lipinski definition) is 1. The van der Waals surface area contributed by atoms with Gasteiger partial charge >= 0.3 is 0 Å². The number of nitrogens with one attached hydrogen (secondary N) is 1. The molecule has 0 bridgehead atoms. The molecule has 8 heteroatoms. The zero-order valence-electron chi connectivity index (χ0n) is 13.1. The molecule has 3 rings (SSSR count). The summed E-state index contributed by atoms with van der Waals surface area (Å²) in [5, 5.41) is 15.4. The lowest BCUT2D eigenvalue weighted by Crippen LogP contribution is -2.16. The zero-order chi connectivity index (χ0) is 17.8. The van der Waals surface area contributed by atoms with Crippen LogP contribution in [0.25, 0.3) is 10.1 Å². The minimum Gasteiger partial charge on any atom is -0.266 e. The summed E-state index contributed by atoms with van der Waals surface area (Å²) in [5.41, 5.74) is 3.36. The Morgan fingerprint density at radius 1 is 1.24 bits per heavy atom. The number of amides is 1. The van der Waals surface area contributed by atoms with Crippen molar-refractivity contribution in [1.29, 1.82) is 0 Å². The molecule has 0 atom stereocenters. The van der Waals surface area contributed by atoms with Crippen molar-refractivity contribution in [2.45, 2.75) is 4.90 Å². The van der Waals surface area contributed by atoms with Crippen LogP contribution in [-0.2, 0) is 0 Å². The number of nitro groups is 1. The number of carbonyl (C=O) groups is 1. The van der Waals surface area contributed by atoms with Gasteiger partial charge in [0.1, 0.15) is 0 Å². The zero-order valence-corrected chi connectivity index (χ0v) is 14.8. The van der Waals surface area contributed by atoms with Crippen molar-refractivity contribution in [3.63, 3.8) is 0 Å². The second-order valence-electron chi connectivity index (χ2n) is 5.06. The summed E-state index contributed by atoms with van der Waals surface area (Å²) in [5.74, 6) is -0.346. The largest absolute Gasteiger partial charge is 0.281 e. The first-order valence-electron chi connectivity index (χ1n) is 7.22. The van der Waals surface area contributed by atoms with Gasteiger partial charge in [0.15, 0.2) is 0 Å². The van der Waals surface area contributed by atoms with Gasteiger partial charge in [-0.15, -0.1) is 23.1 Å². The molecule has 0 radical (unpaired) electrons. The second kappa shape index (κ2) is 7.45. The average Bonchev–Trinajstić information content (AvgIpc) is 3.05. The maximum Gasteiger partial charge on any atom is 0.281 e. The van der Waals surface area contributed by atoms with Crippen LogP contribution in [0.4, 0.5) is 5.69 Å². The Labute approximate surface area is 151 Å². The van der Waals surface area contributed by atoms with E-state index in [0.29, 0.717) is 10.3 Å². The summed E-state index contributed by atoms with van der Waals surface area (Å²) in [6.07, 6.45) is 3.57. The summed E-state index contributed by atoms with van der Waals surface area (Å²) < 4.78 is 0.812. The molecular formula is C17H13N3O3S2. The third kappa shape index (κ3) is 4.04. The summed E-state index contributed by atoms with van der Waals surface area (Å²) >= 11 is 2.92. The van der Waals surface area contributed by atoms with Crippen molar-refractivity contribution in [1.82, 2.24) is 5.43 Å². The highest BCUT2D eigenvalue weighted by molar-refractivity contribution is 7.98.